The van der Waals surface area contributed by atoms with Gasteiger partial charge in [0.25, 0.3) is 0 Å². The van der Waals surface area contributed by atoms with E-state index < -0.39 is 0 Å². The number of hydrogen-bond acceptors (Lipinski definition) is 1. The molecule has 0 spiro atoms. The maximum atomic E-state index is 6.31. The highest BCUT2D eigenvalue weighted by Gasteiger charge is 2.39. The molecule has 0 heterocycles. The maximum absolute atomic E-state index is 6.31. The first-order chi connectivity index (χ1) is 9.13. The number of benzene rings is 1. The van der Waals surface area contributed by atoms with Crippen molar-refractivity contribution in [2.24, 2.45) is 17.8 Å². The molecule has 1 aromatic carbocycles. The SMILES string of the molecule is CC(NCC1CC2CCC1C2)c1ccc(Br)cc1Cl. The Labute approximate surface area is 129 Å². The Morgan fingerprint density at radius 1 is 1.37 bits per heavy atom. The minimum atomic E-state index is 0.333. The summed E-state index contributed by atoms with van der Waals surface area (Å²) in [6.45, 7) is 3.36. The lowest BCUT2D eigenvalue weighted by Gasteiger charge is -2.24. The van der Waals surface area contributed by atoms with Gasteiger partial charge in [-0.15, -0.1) is 0 Å². The summed E-state index contributed by atoms with van der Waals surface area (Å²) < 4.78 is 1.04. The molecule has 1 nitrogen and oxygen atoms in total. The van der Waals surface area contributed by atoms with Gasteiger partial charge in [0.1, 0.15) is 0 Å². The van der Waals surface area contributed by atoms with Gasteiger partial charge in [-0.1, -0.05) is 40.0 Å². The lowest BCUT2D eigenvalue weighted by Crippen LogP contribution is -2.28. The summed E-state index contributed by atoms with van der Waals surface area (Å²) >= 11 is 9.77. The quantitative estimate of drug-likeness (QED) is 0.794. The molecule has 0 saturated heterocycles. The van der Waals surface area contributed by atoms with E-state index >= 15 is 0 Å². The first kappa shape index (κ1) is 13.9. The molecular formula is C16H21BrClN. The molecule has 0 aromatic heterocycles. The number of rotatable bonds is 4. The Kier molecular flexibility index (Phi) is 4.21. The molecule has 3 rings (SSSR count). The Bertz CT molecular complexity index is 462. The van der Waals surface area contributed by atoms with Crippen LogP contribution in [0.2, 0.25) is 5.02 Å². The van der Waals surface area contributed by atoms with Crippen LogP contribution in [0, 0.1) is 17.8 Å². The standard InChI is InChI=1S/C16H21BrClN/c1-10(15-5-4-14(17)8-16(15)18)19-9-13-7-11-2-3-12(13)6-11/h4-5,8,10-13,19H,2-3,6-7,9H2,1H3. The molecule has 1 N–H and O–H groups in total. The van der Waals surface area contributed by atoms with E-state index in [4.69, 9.17) is 11.6 Å². The summed E-state index contributed by atoms with van der Waals surface area (Å²) in [5, 5.41) is 4.54. The largest absolute Gasteiger partial charge is 0.310 e. The summed E-state index contributed by atoms with van der Waals surface area (Å²) in [5.41, 5.74) is 1.20. The van der Waals surface area contributed by atoms with Gasteiger partial charge in [0.2, 0.25) is 0 Å². The van der Waals surface area contributed by atoms with E-state index in [9.17, 15) is 0 Å². The van der Waals surface area contributed by atoms with E-state index in [2.05, 4.69) is 40.3 Å². The maximum Gasteiger partial charge on any atom is 0.0464 e. The highest BCUT2D eigenvalue weighted by molar-refractivity contribution is 9.10. The van der Waals surface area contributed by atoms with E-state index in [-0.39, 0.29) is 0 Å². The van der Waals surface area contributed by atoms with Crippen molar-refractivity contribution in [1.29, 1.82) is 0 Å². The lowest BCUT2D eigenvalue weighted by atomic mass is 9.88. The Morgan fingerprint density at radius 2 is 2.21 bits per heavy atom. The van der Waals surface area contributed by atoms with Crippen LogP contribution in [0.3, 0.4) is 0 Å². The minimum absolute atomic E-state index is 0.333. The molecule has 3 heteroatoms. The molecule has 0 aliphatic heterocycles. The number of fused-ring (bicyclic) bond motifs is 2. The molecule has 4 unspecified atom stereocenters. The van der Waals surface area contributed by atoms with Gasteiger partial charge in [-0.2, -0.15) is 0 Å². The zero-order valence-electron chi connectivity index (χ0n) is 11.3. The molecular weight excluding hydrogens is 322 g/mol. The van der Waals surface area contributed by atoms with Crippen LogP contribution >= 0.6 is 27.5 Å². The molecule has 2 aliphatic rings. The second-order valence-electron chi connectivity index (χ2n) is 6.23. The summed E-state index contributed by atoms with van der Waals surface area (Å²) in [4.78, 5) is 0. The van der Waals surface area contributed by atoms with Gasteiger partial charge in [-0.3, -0.25) is 0 Å². The van der Waals surface area contributed by atoms with Crippen LogP contribution < -0.4 is 5.32 Å². The van der Waals surface area contributed by atoms with E-state index in [0.717, 1.165) is 33.8 Å². The summed E-state index contributed by atoms with van der Waals surface area (Å²) in [6, 6.07) is 6.49. The van der Waals surface area contributed by atoms with Crippen molar-refractivity contribution < 1.29 is 0 Å². The topological polar surface area (TPSA) is 12.0 Å². The van der Waals surface area contributed by atoms with Crippen molar-refractivity contribution in [2.75, 3.05) is 6.54 Å². The van der Waals surface area contributed by atoms with Gasteiger partial charge in [0, 0.05) is 15.5 Å². The molecule has 2 aliphatic carbocycles. The number of nitrogens with one attached hydrogen (secondary N) is 1. The first-order valence-electron chi connectivity index (χ1n) is 7.32. The number of halogens is 2. The minimum Gasteiger partial charge on any atom is -0.310 e. The average molecular weight is 343 g/mol. The lowest BCUT2D eigenvalue weighted by molar-refractivity contribution is 0.309. The number of hydrogen-bond donors (Lipinski definition) is 1. The van der Waals surface area contributed by atoms with Gasteiger partial charge in [-0.05, 0) is 68.2 Å². The van der Waals surface area contributed by atoms with Crippen LogP contribution in [0.4, 0.5) is 0 Å². The zero-order valence-corrected chi connectivity index (χ0v) is 13.7. The summed E-state index contributed by atoms with van der Waals surface area (Å²) in [6.07, 6.45) is 5.87. The smallest absolute Gasteiger partial charge is 0.0464 e. The van der Waals surface area contributed by atoms with Gasteiger partial charge >= 0.3 is 0 Å². The third-order valence-corrected chi connectivity index (χ3v) is 5.82. The molecule has 0 radical (unpaired) electrons. The van der Waals surface area contributed by atoms with Gasteiger partial charge in [-0.25, -0.2) is 0 Å². The van der Waals surface area contributed by atoms with Gasteiger partial charge < -0.3 is 5.32 Å². The second kappa shape index (κ2) is 5.75. The fourth-order valence-electron chi connectivity index (χ4n) is 3.92. The van der Waals surface area contributed by atoms with E-state index in [1.807, 2.05) is 6.07 Å². The highest BCUT2D eigenvalue weighted by Crippen LogP contribution is 2.48. The zero-order chi connectivity index (χ0) is 13.4. The molecule has 0 amide bonds. The molecule has 4 atom stereocenters. The van der Waals surface area contributed by atoms with Gasteiger partial charge in [0.05, 0.1) is 0 Å². The van der Waals surface area contributed by atoms with E-state index in [1.54, 1.807) is 0 Å². The average Bonchev–Trinajstić information content (AvgIpc) is 2.98. The van der Waals surface area contributed by atoms with Crippen LogP contribution in [0.15, 0.2) is 22.7 Å². The molecule has 2 fully saturated rings. The Balaban J connectivity index is 1.57. The molecule has 1 aromatic rings. The second-order valence-corrected chi connectivity index (χ2v) is 7.55. The van der Waals surface area contributed by atoms with Crippen molar-refractivity contribution in [1.82, 2.24) is 5.32 Å². The predicted molar refractivity (Wildman–Crippen MR) is 84.5 cm³/mol. The highest BCUT2D eigenvalue weighted by atomic mass is 79.9. The summed E-state index contributed by atoms with van der Waals surface area (Å²) in [5.74, 6) is 2.92. The van der Waals surface area contributed by atoms with Crippen LogP contribution in [0.1, 0.15) is 44.2 Å². The van der Waals surface area contributed by atoms with E-state index in [0.29, 0.717) is 6.04 Å². The van der Waals surface area contributed by atoms with Crippen molar-refractivity contribution >= 4 is 27.5 Å². The van der Waals surface area contributed by atoms with Crippen molar-refractivity contribution in [3.05, 3.63) is 33.3 Å². The van der Waals surface area contributed by atoms with Crippen molar-refractivity contribution in [2.45, 2.75) is 38.6 Å². The molecule has 2 saturated carbocycles. The van der Waals surface area contributed by atoms with E-state index in [1.165, 1.54) is 31.2 Å². The monoisotopic (exact) mass is 341 g/mol. The molecule has 19 heavy (non-hydrogen) atoms. The third kappa shape index (κ3) is 3.01. The first-order valence-corrected chi connectivity index (χ1v) is 8.49. The normalized spacial score (nSPS) is 30.8. The predicted octanol–water partition coefficient (Wildman–Crippen LogP) is 5.19. The van der Waals surface area contributed by atoms with Crippen LogP contribution in [-0.2, 0) is 0 Å². The Hall–Kier alpha value is -0.0500. The molecule has 104 valence electrons. The van der Waals surface area contributed by atoms with Crippen molar-refractivity contribution in [3.8, 4) is 0 Å². The van der Waals surface area contributed by atoms with Crippen molar-refractivity contribution in [3.63, 3.8) is 0 Å². The van der Waals surface area contributed by atoms with Crippen LogP contribution in [-0.4, -0.2) is 6.54 Å². The fourth-order valence-corrected chi connectivity index (χ4v) is 4.75. The van der Waals surface area contributed by atoms with Crippen LogP contribution in [0.5, 0.6) is 0 Å². The fraction of sp³-hybridized carbons (Fsp3) is 0.625. The Morgan fingerprint density at radius 3 is 2.84 bits per heavy atom. The molecule has 2 bridgehead atoms. The van der Waals surface area contributed by atoms with Crippen LogP contribution in [0.25, 0.3) is 0 Å². The third-order valence-electron chi connectivity index (χ3n) is 5.00. The van der Waals surface area contributed by atoms with Gasteiger partial charge in [0.15, 0.2) is 0 Å². The summed E-state index contributed by atoms with van der Waals surface area (Å²) in [7, 11) is 0.